The highest BCUT2D eigenvalue weighted by Gasteiger charge is 2.57. The number of rotatable bonds is 14. The van der Waals surface area contributed by atoms with Gasteiger partial charge in [0.15, 0.2) is 0 Å². The van der Waals surface area contributed by atoms with E-state index >= 15 is 0 Å². The number of hydrogen-bond acceptors (Lipinski definition) is 8. The van der Waals surface area contributed by atoms with Crippen molar-refractivity contribution in [2.75, 3.05) is 23.7 Å². The Morgan fingerprint density at radius 3 is 1.11 bits per heavy atom. The molecule has 2 heterocycles. The van der Waals surface area contributed by atoms with Gasteiger partial charge in [0, 0.05) is 83.0 Å². The van der Waals surface area contributed by atoms with Gasteiger partial charge >= 0.3 is 12.4 Å². The first-order valence-corrected chi connectivity index (χ1v) is 20.2. The van der Waals surface area contributed by atoms with Gasteiger partial charge in [0.25, 0.3) is 11.4 Å². The highest BCUT2D eigenvalue weighted by Crippen LogP contribution is 2.45. The SMILES string of the molecule is O=[N+]([O-])c1ccc2c(C(O)(CNc3ccccc3)C(F)(F)F)cn(Cc3ccccc3)c2c1.O=[N+]([O-])c1ccc2c(C(O)(CNc3ccccc3)C(F)(F)F)cn(Cc3ccccc3)c2c1. The van der Waals surface area contributed by atoms with Crippen molar-refractivity contribution in [3.63, 3.8) is 0 Å². The molecule has 4 N–H and O–H groups in total. The van der Waals surface area contributed by atoms with E-state index in [0.717, 1.165) is 23.3 Å². The lowest BCUT2D eigenvalue weighted by Crippen LogP contribution is -2.47. The largest absolute Gasteiger partial charge is 0.423 e. The number of alkyl halides is 6. The van der Waals surface area contributed by atoms with Crippen LogP contribution in [0.15, 0.2) is 170 Å². The lowest BCUT2D eigenvalue weighted by atomic mass is 9.92. The van der Waals surface area contributed by atoms with E-state index in [-0.39, 0.29) is 57.4 Å². The molecule has 0 aliphatic rings. The third-order valence-electron chi connectivity index (χ3n) is 11.0. The second-order valence-corrected chi connectivity index (χ2v) is 15.4. The van der Waals surface area contributed by atoms with Gasteiger partial charge in [-0.3, -0.25) is 20.2 Å². The third kappa shape index (κ3) is 9.84. The monoisotopic (exact) mass is 910 g/mol. The Balaban J connectivity index is 0.000000196. The van der Waals surface area contributed by atoms with E-state index in [4.69, 9.17) is 0 Å². The highest BCUT2D eigenvalue weighted by atomic mass is 19.4. The normalized spacial score (nSPS) is 13.6. The summed E-state index contributed by atoms with van der Waals surface area (Å²) in [6.07, 6.45) is -7.58. The van der Waals surface area contributed by atoms with Crippen molar-refractivity contribution in [3.8, 4) is 0 Å². The summed E-state index contributed by atoms with van der Waals surface area (Å²) in [5, 5.41) is 50.1. The smallest absolute Gasteiger partial charge is 0.381 e. The fraction of sp³-hybridized carbons (Fsp3) is 0.167. The van der Waals surface area contributed by atoms with E-state index in [1.165, 1.54) is 45.8 Å². The Labute approximate surface area is 372 Å². The number of anilines is 2. The minimum Gasteiger partial charge on any atom is -0.381 e. The average molecular weight is 911 g/mol. The number of aliphatic hydroxyl groups is 2. The first kappa shape index (κ1) is 46.3. The molecule has 0 bridgehead atoms. The Bertz CT molecular complexity index is 2750. The molecular formula is C48H40F6N6O6. The zero-order valence-corrected chi connectivity index (χ0v) is 34.6. The van der Waals surface area contributed by atoms with Gasteiger partial charge in [-0.25, -0.2) is 0 Å². The predicted octanol–water partition coefficient (Wildman–Crippen LogP) is 10.9. The summed E-state index contributed by atoms with van der Waals surface area (Å²) in [5.74, 6) is 0. The minimum atomic E-state index is -5.01. The number of fused-ring (bicyclic) bond motifs is 2. The van der Waals surface area contributed by atoms with Crippen LogP contribution in [0.5, 0.6) is 0 Å². The summed E-state index contributed by atoms with van der Waals surface area (Å²) in [5.41, 5.74) is -4.84. The molecule has 0 fully saturated rings. The Kier molecular flexibility index (Phi) is 13.2. The molecule has 6 aromatic carbocycles. The minimum absolute atomic E-state index is 0.0891. The van der Waals surface area contributed by atoms with Crippen molar-refractivity contribution >= 4 is 44.6 Å². The maximum Gasteiger partial charge on any atom is 0.423 e. The van der Waals surface area contributed by atoms with Crippen molar-refractivity contribution in [2.24, 2.45) is 0 Å². The number of benzene rings is 6. The van der Waals surface area contributed by atoms with E-state index in [2.05, 4.69) is 10.6 Å². The Hall–Kier alpha value is -7.70. The summed E-state index contributed by atoms with van der Waals surface area (Å²) in [7, 11) is 0. The first-order chi connectivity index (χ1) is 31.4. The summed E-state index contributed by atoms with van der Waals surface area (Å²) < 4.78 is 88.5. The van der Waals surface area contributed by atoms with Crippen LogP contribution in [0.25, 0.3) is 21.8 Å². The van der Waals surface area contributed by atoms with Gasteiger partial charge in [-0.15, -0.1) is 0 Å². The van der Waals surface area contributed by atoms with Crippen molar-refractivity contribution in [2.45, 2.75) is 36.6 Å². The molecule has 66 heavy (non-hydrogen) atoms. The summed E-state index contributed by atoms with van der Waals surface area (Å²) in [6.45, 7) is -1.30. The molecule has 0 spiro atoms. The molecule has 0 saturated heterocycles. The molecule has 0 amide bonds. The lowest BCUT2D eigenvalue weighted by molar-refractivity contribution is -0.384. The van der Waals surface area contributed by atoms with Crippen LogP contribution in [0, 0.1) is 20.2 Å². The van der Waals surface area contributed by atoms with Crippen LogP contribution in [0.3, 0.4) is 0 Å². The molecule has 18 heteroatoms. The molecule has 0 aliphatic carbocycles. The van der Waals surface area contributed by atoms with E-state index < -0.39 is 46.5 Å². The zero-order valence-electron chi connectivity index (χ0n) is 34.6. The molecule has 8 rings (SSSR count). The number of aromatic nitrogens is 2. The van der Waals surface area contributed by atoms with Crippen molar-refractivity contribution in [1.29, 1.82) is 0 Å². The second kappa shape index (κ2) is 18.8. The Morgan fingerprint density at radius 2 is 0.803 bits per heavy atom. The lowest BCUT2D eigenvalue weighted by Gasteiger charge is -2.31. The van der Waals surface area contributed by atoms with Crippen molar-refractivity contribution < 1.29 is 46.4 Å². The van der Waals surface area contributed by atoms with Gasteiger partial charge in [0.1, 0.15) is 0 Å². The van der Waals surface area contributed by atoms with Gasteiger partial charge < -0.3 is 30.0 Å². The molecular weight excluding hydrogens is 871 g/mol. The summed E-state index contributed by atoms with van der Waals surface area (Å²) in [6, 6.07) is 41.7. The van der Waals surface area contributed by atoms with Gasteiger partial charge in [-0.05, 0) is 47.5 Å². The number of nitrogens with zero attached hydrogens (tertiary/aromatic N) is 4. The number of non-ortho nitro benzene ring substituents is 2. The predicted molar refractivity (Wildman–Crippen MR) is 238 cm³/mol. The van der Waals surface area contributed by atoms with Gasteiger partial charge in [-0.2, -0.15) is 26.3 Å². The number of halogens is 6. The van der Waals surface area contributed by atoms with Crippen LogP contribution < -0.4 is 10.6 Å². The molecule has 0 saturated carbocycles. The van der Waals surface area contributed by atoms with Gasteiger partial charge in [0.2, 0.25) is 11.2 Å². The molecule has 2 atom stereocenters. The summed E-state index contributed by atoms with van der Waals surface area (Å²) >= 11 is 0. The van der Waals surface area contributed by atoms with E-state index in [0.29, 0.717) is 11.4 Å². The van der Waals surface area contributed by atoms with E-state index in [9.17, 15) is 56.8 Å². The van der Waals surface area contributed by atoms with Crippen LogP contribution in [-0.4, -0.2) is 54.6 Å². The standard InChI is InChI=1S/2C24H20F3N3O3/c2*25-24(26,27)23(31,16-28-18-9-5-2-6-10-18)21-15-29(14-17-7-3-1-4-8-17)22-13-19(30(32)33)11-12-20(21)22/h2*1-13,15,28,31H,14,16H2. The Morgan fingerprint density at radius 1 is 0.485 bits per heavy atom. The topological polar surface area (TPSA) is 161 Å². The fourth-order valence-electron chi connectivity index (χ4n) is 7.54. The first-order valence-electron chi connectivity index (χ1n) is 20.2. The van der Waals surface area contributed by atoms with Gasteiger partial charge in [-0.1, -0.05) is 97.1 Å². The van der Waals surface area contributed by atoms with Crippen LogP contribution in [0.1, 0.15) is 22.3 Å². The van der Waals surface area contributed by atoms with Crippen LogP contribution in [0.2, 0.25) is 0 Å². The van der Waals surface area contributed by atoms with Crippen molar-refractivity contribution in [3.05, 3.63) is 213 Å². The van der Waals surface area contributed by atoms with Crippen LogP contribution in [-0.2, 0) is 24.3 Å². The maximum absolute atomic E-state index is 14.3. The number of nitro benzene ring substituents is 2. The van der Waals surface area contributed by atoms with Crippen LogP contribution >= 0.6 is 0 Å². The molecule has 0 radical (unpaired) electrons. The maximum atomic E-state index is 14.3. The third-order valence-corrected chi connectivity index (χ3v) is 11.0. The molecule has 2 unspecified atom stereocenters. The van der Waals surface area contributed by atoms with E-state index in [1.807, 2.05) is 12.1 Å². The molecule has 12 nitrogen and oxygen atoms in total. The number of nitrogens with one attached hydrogen (secondary N) is 2. The molecule has 0 aliphatic heterocycles. The van der Waals surface area contributed by atoms with E-state index in [1.54, 1.807) is 109 Å². The zero-order chi connectivity index (χ0) is 47.3. The quantitative estimate of drug-likeness (QED) is 0.0476. The summed E-state index contributed by atoms with van der Waals surface area (Å²) in [4.78, 5) is 21.4. The highest BCUT2D eigenvalue weighted by molar-refractivity contribution is 5.88. The second-order valence-electron chi connectivity index (χ2n) is 15.4. The average Bonchev–Trinajstić information content (AvgIpc) is 3.86. The van der Waals surface area contributed by atoms with Gasteiger partial charge in [0.05, 0.1) is 34.0 Å². The number of para-hydroxylation sites is 2. The molecule has 8 aromatic rings. The molecule has 340 valence electrons. The van der Waals surface area contributed by atoms with Crippen LogP contribution in [0.4, 0.5) is 49.1 Å². The fourth-order valence-corrected chi connectivity index (χ4v) is 7.54. The molecule has 2 aromatic heterocycles. The van der Waals surface area contributed by atoms with Crippen molar-refractivity contribution in [1.82, 2.24) is 9.13 Å². The number of hydrogen-bond donors (Lipinski definition) is 4. The number of nitro groups is 2.